The fourth-order valence-corrected chi connectivity index (χ4v) is 2.29. The zero-order valence-electron chi connectivity index (χ0n) is 12.7. The minimum Gasteiger partial charge on any atom is -0.394 e. The number of amides is 1. The summed E-state index contributed by atoms with van der Waals surface area (Å²) in [4.78, 5) is 22.7. The molecular formula is C17H18N2O4. The summed E-state index contributed by atoms with van der Waals surface area (Å²) < 4.78 is 0. The Morgan fingerprint density at radius 3 is 2.57 bits per heavy atom. The summed E-state index contributed by atoms with van der Waals surface area (Å²) in [6.45, 7) is 1.50. The molecule has 2 aromatic rings. The first-order chi connectivity index (χ1) is 11.0. The van der Waals surface area contributed by atoms with Crippen LogP contribution in [0.15, 0.2) is 48.5 Å². The van der Waals surface area contributed by atoms with Gasteiger partial charge in [0, 0.05) is 17.7 Å². The minimum absolute atomic E-state index is 0.135. The topological polar surface area (TPSA) is 92.5 Å². The van der Waals surface area contributed by atoms with Gasteiger partial charge in [-0.2, -0.15) is 0 Å². The van der Waals surface area contributed by atoms with E-state index in [4.69, 9.17) is 0 Å². The molecule has 120 valence electrons. The number of benzene rings is 2. The Labute approximate surface area is 133 Å². The lowest BCUT2D eigenvalue weighted by molar-refractivity contribution is -0.384. The molecule has 0 heterocycles. The fraction of sp³-hybridized carbons (Fsp3) is 0.235. The van der Waals surface area contributed by atoms with Crippen LogP contribution in [0.25, 0.3) is 0 Å². The summed E-state index contributed by atoms with van der Waals surface area (Å²) in [5.74, 6) is -0.429. The highest BCUT2D eigenvalue weighted by Crippen LogP contribution is 2.17. The lowest BCUT2D eigenvalue weighted by Gasteiger charge is -2.17. The average molecular weight is 314 g/mol. The Morgan fingerprint density at radius 2 is 1.96 bits per heavy atom. The van der Waals surface area contributed by atoms with Crippen molar-refractivity contribution in [3.63, 3.8) is 0 Å². The molecule has 1 atom stereocenters. The summed E-state index contributed by atoms with van der Waals surface area (Å²) in [6.07, 6.45) is 0.483. The third kappa shape index (κ3) is 4.37. The van der Waals surface area contributed by atoms with Crippen LogP contribution in [0.1, 0.15) is 21.5 Å². The maximum absolute atomic E-state index is 12.4. The number of nitro benzene ring substituents is 1. The van der Waals surface area contributed by atoms with Crippen molar-refractivity contribution in [1.29, 1.82) is 0 Å². The van der Waals surface area contributed by atoms with Crippen LogP contribution in [0.5, 0.6) is 0 Å². The number of aliphatic hydroxyl groups excluding tert-OH is 1. The zero-order chi connectivity index (χ0) is 16.8. The van der Waals surface area contributed by atoms with Crippen LogP contribution in [-0.2, 0) is 6.42 Å². The van der Waals surface area contributed by atoms with E-state index in [1.807, 2.05) is 30.3 Å². The highest BCUT2D eigenvalue weighted by molar-refractivity contribution is 5.96. The Kier molecular flexibility index (Phi) is 5.43. The highest BCUT2D eigenvalue weighted by atomic mass is 16.6. The molecule has 23 heavy (non-hydrogen) atoms. The third-order valence-corrected chi connectivity index (χ3v) is 3.56. The first-order valence-electron chi connectivity index (χ1n) is 7.22. The number of aliphatic hydroxyl groups is 1. The molecule has 0 radical (unpaired) electrons. The summed E-state index contributed by atoms with van der Waals surface area (Å²) in [5, 5.41) is 23.0. The van der Waals surface area contributed by atoms with E-state index in [-0.39, 0.29) is 17.9 Å². The number of hydrogen-bond donors (Lipinski definition) is 2. The van der Waals surface area contributed by atoms with Crippen molar-refractivity contribution < 1.29 is 14.8 Å². The van der Waals surface area contributed by atoms with E-state index in [9.17, 15) is 20.0 Å². The van der Waals surface area contributed by atoms with Crippen LogP contribution in [0.4, 0.5) is 5.69 Å². The molecule has 0 aliphatic carbocycles. The molecule has 2 aromatic carbocycles. The number of carbonyl (C=O) groups is 1. The molecule has 0 saturated heterocycles. The van der Waals surface area contributed by atoms with Gasteiger partial charge in [-0.1, -0.05) is 36.4 Å². The second-order valence-electron chi connectivity index (χ2n) is 5.30. The molecule has 0 aliphatic rings. The molecule has 6 heteroatoms. The molecule has 0 bridgehead atoms. The van der Waals surface area contributed by atoms with Crippen LogP contribution in [0, 0.1) is 17.0 Å². The van der Waals surface area contributed by atoms with Crippen molar-refractivity contribution in [2.75, 3.05) is 6.61 Å². The van der Waals surface area contributed by atoms with E-state index < -0.39 is 16.9 Å². The van der Waals surface area contributed by atoms with Crippen LogP contribution in [0.2, 0.25) is 0 Å². The fourth-order valence-electron chi connectivity index (χ4n) is 2.29. The quantitative estimate of drug-likeness (QED) is 0.631. The second kappa shape index (κ2) is 7.51. The van der Waals surface area contributed by atoms with Gasteiger partial charge < -0.3 is 10.4 Å². The van der Waals surface area contributed by atoms with Gasteiger partial charge in [0.25, 0.3) is 11.6 Å². The molecule has 0 unspecified atom stereocenters. The molecule has 1 amide bonds. The molecule has 0 fully saturated rings. The van der Waals surface area contributed by atoms with Gasteiger partial charge in [-0.3, -0.25) is 14.9 Å². The Hall–Kier alpha value is -2.73. The first kappa shape index (κ1) is 16.6. The number of hydrogen-bond acceptors (Lipinski definition) is 4. The lowest BCUT2D eigenvalue weighted by atomic mass is 10.0. The molecule has 2 N–H and O–H groups in total. The van der Waals surface area contributed by atoms with Gasteiger partial charge in [0.15, 0.2) is 0 Å². The average Bonchev–Trinajstić information content (AvgIpc) is 2.55. The monoisotopic (exact) mass is 314 g/mol. The van der Waals surface area contributed by atoms with Crippen LogP contribution >= 0.6 is 0 Å². The van der Waals surface area contributed by atoms with Gasteiger partial charge in [-0.25, -0.2) is 0 Å². The third-order valence-electron chi connectivity index (χ3n) is 3.56. The Balaban J connectivity index is 2.13. The van der Waals surface area contributed by atoms with E-state index in [2.05, 4.69) is 5.32 Å². The number of carbonyl (C=O) groups excluding carboxylic acids is 1. The molecule has 0 aliphatic heterocycles. The summed E-state index contributed by atoms with van der Waals surface area (Å²) in [6, 6.07) is 13.2. The van der Waals surface area contributed by atoms with E-state index in [0.717, 1.165) is 5.56 Å². The number of nitro groups is 1. The smallest absolute Gasteiger partial charge is 0.270 e. The number of nitrogens with one attached hydrogen (secondary N) is 1. The predicted molar refractivity (Wildman–Crippen MR) is 86.3 cm³/mol. The summed E-state index contributed by atoms with van der Waals surface area (Å²) >= 11 is 0. The molecule has 0 spiro atoms. The van der Waals surface area contributed by atoms with E-state index >= 15 is 0 Å². The normalized spacial score (nSPS) is 11.7. The summed E-state index contributed by atoms with van der Waals surface area (Å²) in [7, 11) is 0. The van der Waals surface area contributed by atoms with Crippen LogP contribution < -0.4 is 5.32 Å². The van der Waals surface area contributed by atoms with Crippen LogP contribution in [-0.4, -0.2) is 28.6 Å². The molecule has 6 nitrogen and oxygen atoms in total. The van der Waals surface area contributed by atoms with E-state index in [1.165, 1.54) is 18.2 Å². The molecular weight excluding hydrogens is 296 g/mol. The number of rotatable bonds is 6. The van der Waals surface area contributed by atoms with Gasteiger partial charge >= 0.3 is 0 Å². The van der Waals surface area contributed by atoms with Crippen molar-refractivity contribution >= 4 is 11.6 Å². The minimum atomic E-state index is -0.538. The van der Waals surface area contributed by atoms with E-state index in [0.29, 0.717) is 12.0 Å². The van der Waals surface area contributed by atoms with Gasteiger partial charge in [0.2, 0.25) is 0 Å². The van der Waals surface area contributed by atoms with Gasteiger partial charge in [-0.05, 0) is 24.5 Å². The molecule has 0 saturated carbocycles. The van der Waals surface area contributed by atoms with Crippen molar-refractivity contribution in [1.82, 2.24) is 5.32 Å². The highest BCUT2D eigenvalue weighted by Gasteiger charge is 2.18. The molecule has 2 rings (SSSR count). The van der Waals surface area contributed by atoms with Gasteiger partial charge in [-0.15, -0.1) is 0 Å². The van der Waals surface area contributed by atoms with Gasteiger partial charge in [0.05, 0.1) is 17.6 Å². The molecule has 0 aromatic heterocycles. The first-order valence-corrected chi connectivity index (χ1v) is 7.22. The summed E-state index contributed by atoms with van der Waals surface area (Å²) in [5.41, 5.74) is 1.74. The lowest BCUT2D eigenvalue weighted by Crippen LogP contribution is -2.39. The number of non-ortho nitro benzene ring substituents is 1. The Morgan fingerprint density at radius 1 is 1.26 bits per heavy atom. The number of aryl methyl sites for hydroxylation is 1. The van der Waals surface area contributed by atoms with Crippen molar-refractivity contribution in [3.05, 3.63) is 75.3 Å². The second-order valence-corrected chi connectivity index (χ2v) is 5.30. The standard InChI is InChI=1S/C17H18N2O4/c1-12-7-8-15(19(22)23)10-16(12)17(21)18-14(11-20)9-13-5-3-2-4-6-13/h2-8,10,14,20H,9,11H2,1H3,(H,18,21)/t14-/m0/s1. The Bertz CT molecular complexity index is 701. The maximum atomic E-state index is 12.4. The van der Waals surface area contributed by atoms with E-state index in [1.54, 1.807) is 6.92 Å². The van der Waals surface area contributed by atoms with Crippen molar-refractivity contribution in [3.8, 4) is 0 Å². The zero-order valence-corrected chi connectivity index (χ0v) is 12.7. The van der Waals surface area contributed by atoms with Crippen molar-refractivity contribution in [2.24, 2.45) is 0 Å². The van der Waals surface area contributed by atoms with Gasteiger partial charge in [0.1, 0.15) is 0 Å². The largest absolute Gasteiger partial charge is 0.394 e. The van der Waals surface area contributed by atoms with Crippen LogP contribution in [0.3, 0.4) is 0 Å². The maximum Gasteiger partial charge on any atom is 0.270 e. The van der Waals surface area contributed by atoms with Crippen molar-refractivity contribution in [2.45, 2.75) is 19.4 Å². The predicted octanol–water partition coefficient (Wildman–Crippen LogP) is 2.24. The SMILES string of the molecule is Cc1ccc([N+](=O)[O-])cc1C(=O)N[C@H](CO)Cc1ccccc1. The number of nitrogens with zero attached hydrogens (tertiary/aromatic N) is 1.